The molecule has 0 amide bonds. The first-order valence-corrected chi connectivity index (χ1v) is 8.44. The highest BCUT2D eigenvalue weighted by atomic mass is 35.5. The first-order chi connectivity index (χ1) is 10.9. The van der Waals surface area contributed by atoms with Crippen LogP contribution in [0, 0.1) is 6.92 Å². The minimum Gasteiger partial charge on any atom is -0.355 e. The second-order valence-electron chi connectivity index (χ2n) is 6.43. The predicted octanol–water partition coefficient (Wildman–Crippen LogP) is 4.08. The fraction of sp³-hybridized carbons (Fsp3) is 0.412. The van der Waals surface area contributed by atoms with Gasteiger partial charge in [-0.15, -0.1) is 0 Å². The summed E-state index contributed by atoms with van der Waals surface area (Å²) in [6.45, 7) is 5.89. The van der Waals surface area contributed by atoms with Gasteiger partial charge in [-0.05, 0) is 38.8 Å². The zero-order valence-corrected chi connectivity index (χ0v) is 14.8. The second kappa shape index (κ2) is 6.27. The van der Waals surface area contributed by atoms with E-state index in [2.05, 4.69) is 16.8 Å². The average Bonchev–Trinajstić information content (AvgIpc) is 2.50. The molecule has 2 heterocycles. The summed E-state index contributed by atoms with van der Waals surface area (Å²) in [6.07, 6.45) is 3.74. The van der Waals surface area contributed by atoms with Crippen LogP contribution in [0.2, 0.25) is 10.0 Å². The Kier molecular flexibility index (Phi) is 4.50. The summed E-state index contributed by atoms with van der Waals surface area (Å²) < 4.78 is 0. The van der Waals surface area contributed by atoms with Crippen molar-refractivity contribution in [3.63, 3.8) is 0 Å². The molecule has 4 nitrogen and oxygen atoms in total. The Morgan fingerprint density at radius 3 is 2.48 bits per heavy atom. The Balaban J connectivity index is 1.85. The van der Waals surface area contributed by atoms with Crippen molar-refractivity contribution in [3.8, 4) is 11.3 Å². The third-order valence-electron chi connectivity index (χ3n) is 4.36. The molecule has 3 rings (SSSR count). The fourth-order valence-corrected chi connectivity index (χ4v) is 3.09. The number of anilines is 1. The van der Waals surface area contributed by atoms with Gasteiger partial charge in [0, 0.05) is 24.2 Å². The van der Waals surface area contributed by atoms with E-state index in [1.807, 2.05) is 25.3 Å². The Bertz CT molecular complexity index is 721. The van der Waals surface area contributed by atoms with Gasteiger partial charge in [0.25, 0.3) is 0 Å². The van der Waals surface area contributed by atoms with Crippen LogP contribution in [-0.4, -0.2) is 28.6 Å². The quantitative estimate of drug-likeness (QED) is 0.886. The van der Waals surface area contributed by atoms with Crippen LogP contribution in [0.1, 0.15) is 25.5 Å². The van der Waals surface area contributed by atoms with Gasteiger partial charge in [-0.2, -0.15) is 0 Å². The zero-order chi connectivity index (χ0) is 16.6. The molecule has 0 aliphatic carbocycles. The number of piperidine rings is 1. The molecule has 1 aliphatic heterocycles. The van der Waals surface area contributed by atoms with Crippen LogP contribution in [0.25, 0.3) is 11.3 Å². The monoisotopic (exact) mass is 350 g/mol. The molecule has 23 heavy (non-hydrogen) atoms. The molecule has 1 aromatic carbocycles. The molecule has 1 fully saturated rings. The van der Waals surface area contributed by atoms with Crippen LogP contribution >= 0.6 is 23.2 Å². The SMILES string of the molecule is Cc1nc(N2CCC(C)(N)CC2)cnc1-c1ccc(Cl)c(Cl)c1. The maximum absolute atomic E-state index is 6.19. The summed E-state index contributed by atoms with van der Waals surface area (Å²) in [5.41, 5.74) is 8.74. The average molecular weight is 351 g/mol. The largest absolute Gasteiger partial charge is 0.355 e. The number of hydrogen-bond donors (Lipinski definition) is 1. The third kappa shape index (κ3) is 3.60. The second-order valence-corrected chi connectivity index (χ2v) is 7.25. The number of aryl methyl sites for hydroxylation is 1. The molecular weight excluding hydrogens is 331 g/mol. The number of rotatable bonds is 2. The van der Waals surface area contributed by atoms with Crippen molar-refractivity contribution in [1.29, 1.82) is 0 Å². The lowest BCUT2D eigenvalue weighted by atomic mass is 9.91. The van der Waals surface area contributed by atoms with Crippen molar-refractivity contribution in [2.24, 2.45) is 5.73 Å². The van der Waals surface area contributed by atoms with Gasteiger partial charge < -0.3 is 10.6 Å². The number of aromatic nitrogens is 2. The minimum atomic E-state index is -0.0705. The number of benzene rings is 1. The van der Waals surface area contributed by atoms with Crippen molar-refractivity contribution in [2.45, 2.75) is 32.2 Å². The molecule has 2 N–H and O–H groups in total. The molecular formula is C17H20Cl2N4. The van der Waals surface area contributed by atoms with Crippen LogP contribution in [0.4, 0.5) is 5.82 Å². The molecule has 2 aromatic rings. The first kappa shape index (κ1) is 16.5. The smallest absolute Gasteiger partial charge is 0.147 e. The molecule has 0 atom stereocenters. The van der Waals surface area contributed by atoms with E-state index >= 15 is 0 Å². The van der Waals surface area contributed by atoms with Crippen LogP contribution in [0.15, 0.2) is 24.4 Å². The van der Waals surface area contributed by atoms with E-state index in [0.717, 1.165) is 48.7 Å². The zero-order valence-electron chi connectivity index (χ0n) is 13.3. The summed E-state index contributed by atoms with van der Waals surface area (Å²) in [7, 11) is 0. The topological polar surface area (TPSA) is 55.0 Å². The van der Waals surface area contributed by atoms with Gasteiger partial charge in [-0.25, -0.2) is 4.98 Å². The number of nitrogens with zero attached hydrogens (tertiary/aromatic N) is 3. The van der Waals surface area contributed by atoms with Gasteiger partial charge in [-0.1, -0.05) is 29.3 Å². The lowest BCUT2D eigenvalue weighted by molar-refractivity contribution is 0.363. The maximum atomic E-state index is 6.19. The van der Waals surface area contributed by atoms with Crippen molar-refractivity contribution >= 4 is 29.0 Å². The van der Waals surface area contributed by atoms with Crippen LogP contribution in [0.5, 0.6) is 0 Å². The van der Waals surface area contributed by atoms with E-state index in [9.17, 15) is 0 Å². The van der Waals surface area contributed by atoms with Gasteiger partial charge in [-0.3, -0.25) is 4.98 Å². The van der Waals surface area contributed by atoms with Gasteiger partial charge in [0.15, 0.2) is 0 Å². The summed E-state index contributed by atoms with van der Waals surface area (Å²) >= 11 is 12.1. The Labute approximate surface area is 146 Å². The van der Waals surface area contributed by atoms with Crippen LogP contribution < -0.4 is 10.6 Å². The van der Waals surface area contributed by atoms with E-state index in [1.54, 1.807) is 6.07 Å². The molecule has 0 spiro atoms. The van der Waals surface area contributed by atoms with E-state index in [1.165, 1.54) is 0 Å². The lowest BCUT2D eigenvalue weighted by Crippen LogP contribution is -2.48. The summed E-state index contributed by atoms with van der Waals surface area (Å²) in [5.74, 6) is 0.904. The molecule has 0 radical (unpaired) electrons. The van der Waals surface area contributed by atoms with E-state index in [4.69, 9.17) is 33.9 Å². The third-order valence-corrected chi connectivity index (χ3v) is 5.10. The number of hydrogen-bond acceptors (Lipinski definition) is 4. The van der Waals surface area contributed by atoms with Crippen molar-refractivity contribution < 1.29 is 0 Å². The highest BCUT2D eigenvalue weighted by molar-refractivity contribution is 6.42. The molecule has 6 heteroatoms. The highest BCUT2D eigenvalue weighted by Gasteiger charge is 2.26. The van der Waals surface area contributed by atoms with E-state index in [0.29, 0.717) is 10.0 Å². The van der Waals surface area contributed by atoms with E-state index < -0.39 is 0 Å². The number of nitrogens with two attached hydrogens (primary N) is 1. The van der Waals surface area contributed by atoms with Gasteiger partial charge in [0.2, 0.25) is 0 Å². The highest BCUT2D eigenvalue weighted by Crippen LogP contribution is 2.30. The Hall–Kier alpha value is -1.36. The lowest BCUT2D eigenvalue weighted by Gasteiger charge is -2.37. The first-order valence-electron chi connectivity index (χ1n) is 7.69. The minimum absolute atomic E-state index is 0.0705. The molecule has 1 aromatic heterocycles. The fourth-order valence-electron chi connectivity index (χ4n) is 2.80. The molecule has 0 bridgehead atoms. The molecule has 0 saturated carbocycles. The summed E-state index contributed by atoms with van der Waals surface area (Å²) in [5, 5.41) is 1.06. The Morgan fingerprint density at radius 2 is 1.87 bits per heavy atom. The molecule has 0 unspecified atom stereocenters. The standard InChI is InChI=1S/C17H20Cl2N4/c1-11-16(12-3-4-13(18)14(19)9-12)21-10-15(22-11)23-7-5-17(2,20)6-8-23/h3-4,9-10H,5-8,20H2,1-2H3. The summed E-state index contributed by atoms with van der Waals surface area (Å²) in [4.78, 5) is 11.6. The maximum Gasteiger partial charge on any atom is 0.147 e. The summed E-state index contributed by atoms with van der Waals surface area (Å²) in [6, 6.07) is 5.51. The predicted molar refractivity (Wildman–Crippen MR) is 96.3 cm³/mol. The van der Waals surface area contributed by atoms with Crippen molar-refractivity contribution in [1.82, 2.24) is 9.97 Å². The van der Waals surface area contributed by atoms with Crippen LogP contribution in [0.3, 0.4) is 0 Å². The molecule has 1 saturated heterocycles. The van der Waals surface area contributed by atoms with Gasteiger partial charge in [0.05, 0.1) is 27.6 Å². The molecule has 122 valence electrons. The van der Waals surface area contributed by atoms with Crippen molar-refractivity contribution in [2.75, 3.05) is 18.0 Å². The normalized spacial score (nSPS) is 17.3. The van der Waals surface area contributed by atoms with Crippen LogP contribution in [-0.2, 0) is 0 Å². The van der Waals surface area contributed by atoms with Crippen molar-refractivity contribution in [3.05, 3.63) is 40.1 Å². The van der Waals surface area contributed by atoms with Gasteiger partial charge in [0.1, 0.15) is 5.82 Å². The Morgan fingerprint density at radius 1 is 1.17 bits per heavy atom. The van der Waals surface area contributed by atoms with E-state index in [-0.39, 0.29) is 5.54 Å². The molecule has 1 aliphatic rings. The number of halogens is 2. The van der Waals surface area contributed by atoms with Gasteiger partial charge >= 0.3 is 0 Å².